The van der Waals surface area contributed by atoms with Gasteiger partial charge in [0.2, 0.25) is 0 Å². The maximum Gasteiger partial charge on any atom is 0.153 e. The van der Waals surface area contributed by atoms with Crippen LogP contribution >= 0.6 is 0 Å². The highest BCUT2D eigenvalue weighted by atomic mass is 16.6. The summed E-state index contributed by atoms with van der Waals surface area (Å²) >= 11 is 0. The largest absolute Gasteiger partial charge is 0.274 e. The molecule has 1 N–H and O–H groups in total. The van der Waals surface area contributed by atoms with Crippen LogP contribution in [-0.2, 0) is 11.3 Å². The predicted molar refractivity (Wildman–Crippen MR) is 59.8 cm³/mol. The van der Waals surface area contributed by atoms with E-state index >= 15 is 0 Å². The molecule has 1 aromatic heterocycles. The van der Waals surface area contributed by atoms with Gasteiger partial charge in [-0.05, 0) is 30.2 Å². The first-order valence-corrected chi connectivity index (χ1v) is 5.11. The van der Waals surface area contributed by atoms with Crippen molar-refractivity contribution in [3.05, 3.63) is 35.4 Å². The third-order valence-electron chi connectivity index (χ3n) is 2.69. The van der Waals surface area contributed by atoms with E-state index in [0.29, 0.717) is 6.61 Å². The molecule has 0 fully saturated rings. The normalized spacial score (nSPS) is 14.7. The Kier molecular flexibility index (Phi) is 1.86. The van der Waals surface area contributed by atoms with Crippen molar-refractivity contribution >= 4 is 16.7 Å². The Labute approximate surface area is 88.0 Å². The third-order valence-corrected chi connectivity index (χ3v) is 2.69. The molecule has 0 saturated carbocycles. The molecule has 0 amide bonds. The standard InChI is InChI=1S/C12H12N2O/c1-8-2-3-9-7-10-4-5-15-14-12(10)13-11(9)6-8/h2-3,6-7H,4-5H2,1H3,(H,13,14). The van der Waals surface area contributed by atoms with Crippen LogP contribution in [0.15, 0.2) is 24.3 Å². The number of aromatic nitrogens is 1. The summed E-state index contributed by atoms with van der Waals surface area (Å²) in [4.78, 5) is 9.70. The number of anilines is 1. The first-order chi connectivity index (χ1) is 7.33. The molecule has 2 heterocycles. The first kappa shape index (κ1) is 8.68. The van der Waals surface area contributed by atoms with Crippen LogP contribution < -0.4 is 5.48 Å². The number of nitrogens with one attached hydrogen (secondary N) is 1. The number of aryl methyl sites for hydroxylation is 1. The van der Waals surface area contributed by atoms with Crippen LogP contribution in [0.3, 0.4) is 0 Å². The van der Waals surface area contributed by atoms with Crippen molar-refractivity contribution in [2.45, 2.75) is 13.3 Å². The zero-order valence-electron chi connectivity index (χ0n) is 8.58. The Hall–Kier alpha value is -1.61. The summed E-state index contributed by atoms with van der Waals surface area (Å²) < 4.78 is 0. The highest BCUT2D eigenvalue weighted by molar-refractivity contribution is 5.82. The number of hydrogen-bond acceptors (Lipinski definition) is 3. The molecule has 1 aromatic carbocycles. The van der Waals surface area contributed by atoms with E-state index in [4.69, 9.17) is 4.84 Å². The van der Waals surface area contributed by atoms with Crippen LogP contribution in [0.25, 0.3) is 10.9 Å². The molecule has 2 aromatic rings. The summed E-state index contributed by atoms with van der Waals surface area (Å²) in [6.07, 6.45) is 0.930. The van der Waals surface area contributed by atoms with Gasteiger partial charge in [-0.2, -0.15) is 0 Å². The van der Waals surface area contributed by atoms with Gasteiger partial charge >= 0.3 is 0 Å². The molecular weight excluding hydrogens is 188 g/mol. The molecule has 3 rings (SSSR count). The Morgan fingerprint density at radius 2 is 2.27 bits per heavy atom. The maximum atomic E-state index is 5.16. The summed E-state index contributed by atoms with van der Waals surface area (Å²) in [5.41, 5.74) is 6.35. The summed E-state index contributed by atoms with van der Waals surface area (Å²) in [6, 6.07) is 8.51. The van der Waals surface area contributed by atoms with Crippen molar-refractivity contribution in [2.24, 2.45) is 0 Å². The van der Waals surface area contributed by atoms with Crippen molar-refractivity contribution in [2.75, 3.05) is 12.1 Å². The molecule has 15 heavy (non-hydrogen) atoms. The second kappa shape index (κ2) is 3.21. The highest BCUT2D eigenvalue weighted by Crippen LogP contribution is 2.24. The minimum absolute atomic E-state index is 0.714. The summed E-state index contributed by atoms with van der Waals surface area (Å²) in [6.45, 7) is 2.79. The molecule has 0 spiro atoms. The SMILES string of the molecule is Cc1ccc2cc3c(nc2c1)NOCC3. The molecule has 1 aliphatic heterocycles. The number of hydrogen-bond donors (Lipinski definition) is 1. The fourth-order valence-electron chi connectivity index (χ4n) is 1.88. The average Bonchev–Trinajstić information content (AvgIpc) is 2.26. The topological polar surface area (TPSA) is 34.2 Å². The lowest BCUT2D eigenvalue weighted by Crippen LogP contribution is -2.15. The molecule has 0 radical (unpaired) electrons. The van der Waals surface area contributed by atoms with Crippen molar-refractivity contribution in [3.8, 4) is 0 Å². The van der Waals surface area contributed by atoms with E-state index in [1.807, 2.05) is 0 Å². The van der Waals surface area contributed by atoms with E-state index in [9.17, 15) is 0 Å². The fourth-order valence-corrected chi connectivity index (χ4v) is 1.88. The monoisotopic (exact) mass is 200 g/mol. The summed E-state index contributed by atoms with van der Waals surface area (Å²) in [5, 5.41) is 1.20. The average molecular weight is 200 g/mol. The zero-order valence-corrected chi connectivity index (χ0v) is 8.58. The van der Waals surface area contributed by atoms with Gasteiger partial charge in [0.1, 0.15) is 0 Å². The lowest BCUT2D eigenvalue weighted by Gasteiger charge is -2.17. The summed E-state index contributed by atoms with van der Waals surface area (Å²) in [7, 11) is 0. The van der Waals surface area contributed by atoms with Gasteiger partial charge in [0.05, 0.1) is 12.1 Å². The number of fused-ring (bicyclic) bond motifs is 2. The van der Waals surface area contributed by atoms with E-state index in [-0.39, 0.29) is 0 Å². The van der Waals surface area contributed by atoms with Gasteiger partial charge in [-0.1, -0.05) is 12.1 Å². The van der Waals surface area contributed by atoms with Crippen LogP contribution in [0.5, 0.6) is 0 Å². The molecule has 3 heteroatoms. The van der Waals surface area contributed by atoms with Crippen molar-refractivity contribution in [3.63, 3.8) is 0 Å². The van der Waals surface area contributed by atoms with E-state index in [1.165, 1.54) is 16.5 Å². The van der Waals surface area contributed by atoms with Crippen molar-refractivity contribution in [1.82, 2.24) is 4.98 Å². The first-order valence-electron chi connectivity index (χ1n) is 5.11. The minimum Gasteiger partial charge on any atom is -0.274 e. The van der Waals surface area contributed by atoms with Crippen molar-refractivity contribution < 1.29 is 4.84 Å². The Balaban J connectivity index is 2.26. The van der Waals surface area contributed by atoms with Crippen LogP contribution in [0.2, 0.25) is 0 Å². The molecule has 0 unspecified atom stereocenters. The molecular formula is C12H12N2O. The quantitative estimate of drug-likeness (QED) is 0.709. The zero-order chi connectivity index (χ0) is 10.3. The van der Waals surface area contributed by atoms with E-state index < -0.39 is 0 Å². The van der Waals surface area contributed by atoms with Gasteiger partial charge in [-0.3, -0.25) is 4.84 Å². The fraction of sp³-hybridized carbons (Fsp3) is 0.250. The van der Waals surface area contributed by atoms with E-state index in [2.05, 4.69) is 41.7 Å². The van der Waals surface area contributed by atoms with Crippen molar-refractivity contribution in [1.29, 1.82) is 0 Å². The van der Waals surface area contributed by atoms with Crippen LogP contribution in [0, 0.1) is 6.92 Å². The maximum absolute atomic E-state index is 5.16. The Morgan fingerprint density at radius 1 is 1.33 bits per heavy atom. The van der Waals surface area contributed by atoms with Gasteiger partial charge in [0, 0.05) is 11.8 Å². The lowest BCUT2D eigenvalue weighted by atomic mass is 10.1. The van der Waals surface area contributed by atoms with E-state index in [1.54, 1.807) is 0 Å². The number of pyridine rings is 1. The Bertz CT molecular complexity index is 522. The molecule has 3 nitrogen and oxygen atoms in total. The highest BCUT2D eigenvalue weighted by Gasteiger charge is 2.11. The molecule has 0 saturated heterocycles. The molecule has 1 aliphatic rings. The van der Waals surface area contributed by atoms with Gasteiger partial charge in [-0.15, -0.1) is 0 Å². The second-order valence-electron chi connectivity index (χ2n) is 3.89. The second-order valence-corrected chi connectivity index (χ2v) is 3.89. The lowest BCUT2D eigenvalue weighted by molar-refractivity contribution is 0.185. The van der Waals surface area contributed by atoms with Crippen LogP contribution in [-0.4, -0.2) is 11.6 Å². The third kappa shape index (κ3) is 1.45. The minimum atomic E-state index is 0.714. The number of rotatable bonds is 0. The van der Waals surface area contributed by atoms with E-state index in [0.717, 1.165) is 17.8 Å². The van der Waals surface area contributed by atoms with Gasteiger partial charge in [0.25, 0.3) is 0 Å². The molecule has 0 atom stereocenters. The number of benzene rings is 1. The van der Waals surface area contributed by atoms with Crippen LogP contribution in [0.1, 0.15) is 11.1 Å². The summed E-state index contributed by atoms with van der Waals surface area (Å²) in [5.74, 6) is 0.861. The molecule has 0 bridgehead atoms. The number of nitrogens with zero attached hydrogens (tertiary/aromatic N) is 1. The van der Waals surface area contributed by atoms with Gasteiger partial charge in [-0.25, -0.2) is 10.5 Å². The smallest absolute Gasteiger partial charge is 0.153 e. The van der Waals surface area contributed by atoms with Gasteiger partial charge in [0.15, 0.2) is 5.82 Å². The van der Waals surface area contributed by atoms with Gasteiger partial charge < -0.3 is 0 Å². The van der Waals surface area contributed by atoms with Crippen LogP contribution in [0.4, 0.5) is 5.82 Å². The molecule has 0 aliphatic carbocycles. The molecule has 76 valence electrons. The Morgan fingerprint density at radius 3 is 3.20 bits per heavy atom. The predicted octanol–water partition coefficient (Wildman–Crippen LogP) is 2.44.